The second kappa shape index (κ2) is 19.2. The van der Waals surface area contributed by atoms with Crippen LogP contribution in [0, 0.1) is 0 Å². The minimum absolute atomic E-state index is 0.0152. The van der Waals surface area contributed by atoms with Crippen LogP contribution in [0.4, 0.5) is 0 Å². The summed E-state index contributed by atoms with van der Waals surface area (Å²) in [5.41, 5.74) is 1.00. The van der Waals surface area contributed by atoms with E-state index < -0.39 is 0 Å². The van der Waals surface area contributed by atoms with Crippen molar-refractivity contribution in [2.24, 2.45) is 0 Å². The minimum atomic E-state index is -0.0152. The summed E-state index contributed by atoms with van der Waals surface area (Å²) in [6.07, 6.45) is 22.4. The van der Waals surface area contributed by atoms with Gasteiger partial charge in [-0.2, -0.15) is 0 Å². The van der Waals surface area contributed by atoms with Crippen LogP contribution < -0.4 is 10.1 Å². The Morgan fingerprint density at radius 2 is 1.27 bits per heavy atom. The van der Waals surface area contributed by atoms with E-state index >= 15 is 0 Å². The van der Waals surface area contributed by atoms with Crippen molar-refractivity contribution in [3.63, 3.8) is 0 Å². The first-order valence-corrected chi connectivity index (χ1v) is 12.4. The number of rotatable bonds is 19. The van der Waals surface area contributed by atoms with E-state index in [-0.39, 0.29) is 5.91 Å². The van der Waals surface area contributed by atoms with Crippen molar-refractivity contribution in [1.29, 1.82) is 0 Å². The quantitative estimate of drug-likeness (QED) is 0.186. The van der Waals surface area contributed by atoms with Gasteiger partial charge in [-0.15, -0.1) is 0 Å². The largest absolute Gasteiger partial charge is 0.494 e. The van der Waals surface area contributed by atoms with Gasteiger partial charge in [-0.05, 0) is 37.1 Å². The zero-order chi connectivity index (χ0) is 21.7. The normalized spacial score (nSPS) is 11.1. The van der Waals surface area contributed by atoms with E-state index in [2.05, 4.69) is 12.2 Å². The van der Waals surface area contributed by atoms with Crippen LogP contribution in [0.3, 0.4) is 0 Å². The molecule has 0 spiro atoms. The highest BCUT2D eigenvalue weighted by Crippen LogP contribution is 2.14. The molecule has 0 radical (unpaired) electrons. The molecular formula is C27H45NO2. The van der Waals surface area contributed by atoms with Crippen LogP contribution >= 0.6 is 0 Å². The fourth-order valence-electron chi connectivity index (χ4n) is 3.60. The minimum Gasteiger partial charge on any atom is -0.494 e. The summed E-state index contributed by atoms with van der Waals surface area (Å²) in [4.78, 5) is 11.9. The van der Waals surface area contributed by atoms with E-state index in [1.807, 2.05) is 37.3 Å². The van der Waals surface area contributed by atoms with Crippen molar-refractivity contribution in [2.75, 3.05) is 13.2 Å². The first-order valence-electron chi connectivity index (χ1n) is 12.4. The highest BCUT2D eigenvalue weighted by atomic mass is 16.5. The monoisotopic (exact) mass is 415 g/mol. The first kappa shape index (κ1) is 26.3. The number of hydrogen-bond acceptors (Lipinski definition) is 2. The Labute approximate surface area is 185 Å². The molecular weight excluding hydrogens is 370 g/mol. The number of benzene rings is 1. The fraction of sp³-hybridized carbons (Fsp3) is 0.667. The number of carbonyl (C=O) groups is 1. The molecule has 0 bridgehead atoms. The van der Waals surface area contributed by atoms with Crippen LogP contribution in [0.15, 0.2) is 30.3 Å². The summed E-state index contributed by atoms with van der Waals surface area (Å²) in [5, 5.41) is 2.98. The molecule has 3 heteroatoms. The topological polar surface area (TPSA) is 38.3 Å². The lowest BCUT2D eigenvalue weighted by molar-refractivity contribution is -0.116. The number of unbranched alkanes of at least 4 members (excludes halogenated alkanes) is 13. The van der Waals surface area contributed by atoms with Gasteiger partial charge in [-0.3, -0.25) is 4.79 Å². The lowest BCUT2D eigenvalue weighted by Crippen LogP contribution is -2.21. The van der Waals surface area contributed by atoms with E-state index in [0.29, 0.717) is 6.61 Å². The van der Waals surface area contributed by atoms with Gasteiger partial charge >= 0.3 is 0 Å². The van der Waals surface area contributed by atoms with Gasteiger partial charge < -0.3 is 10.1 Å². The summed E-state index contributed by atoms with van der Waals surface area (Å²) in [6, 6.07) is 7.77. The highest BCUT2D eigenvalue weighted by Gasteiger charge is 1.97. The van der Waals surface area contributed by atoms with Gasteiger partial charge in [0.25, 0.3) is 0 Å². The van der Waals surface area contributed by atoms with Crippen molar-refractivity contribution in [1.82, 2.24) is 5.32 Å². The van der Waals surface area contributed by atoms with Crippen LogP contribution in [0.2, 0.25) is 0 Å². The van der Waals surface area contributed by atoms with Crippen LogP contribution in [-0.2, 0) is 4.79 Å². The Kier molecular flexibility index (Phi) is 16.8. The van der Waals surface area contributed by atoms with Crippen molar-refractivity contribution >= 4 is 12.0 Å². The molecule has 0 unspecified atom stereocenters. The van der Waals surface area contributed by atoms with Crippen LogP contribution in [0.1, 0.15) is 109 Å². The van der Waals surface area contributed by atoms with Crippen molar-refractivity contribution in [3.05, 3.63) is 35.9 Å². The molecule has 0 heterocycles. The number of ether oxygens (including phenoxy) is 1. The van der Waals surface area contributed by atoms with Crippen molar-refractivity contribution in [3.8, 4) is 5.75 Å². The summed E-state index contributed by atoms with van der Waals surface area (Å²) < 4.78 is 5.42. The summed E-state index contributed by atoms with van der Waals surface area (Å²) in [5.74, 6) is 0.843. The van der Waals surface area contributed by atoms with Crippen LogP contribution in [0.25, 0.3) is 6.08 Å². The average molecular weight is 416 g/mol. The fourth-order valence-corrected chi connectivity index (χ4v) is 3.60. The van der Waals surface area contributed by atoms with Gasteiger partial charge in [-0.25, -0.2) is 0 Å². The molecule has 3 nitrogen and oxygen atoms in total. The molecule has 0 saturated heterocycles. The highest BCUT2D eigenvalue weighted by molar-refractivity contribution is 5.91. The van der Waals surface area contributed by atoms with Crippen molar-refractivity contribution < 1.29 is 9.53 Å². The van der Waals surface area contributed by atoms with Crippen LogP contribution in [-0.4, -0.2) is 19.1 Å². The lowest BCUT2D eigenvalue weighted by Gasteiger charge is -2.04. The zero-order valence-electron chi connectivity index (χ0n) is 19.6. The second-order valence-corrected chi connectivity index (χ2v) is 8.22. The van der Waals surface area contributed by atoms with Gasteiger partial charge in [-0.1, -0.05) is 103 Å². The third-order valence-corrected chi connectivity index (χ3v) is 5.45. The maximum absolute atomic E-state index is 11.9. The molecule has 0 aromatic heterocycles. The third-order valence-electron chi connectivity index (χ3n) is 5.45. The number of carbonyl (C=O) groups excluding carboxylic acids is 1. The van der Waals surface area contributed by atoms with Gasteiger partial charge in [0, 0.05) is 12.6 Å². The first-order chi connectivity index (χ1) is 14.8. The smallest absolute Gasteiger partial charge is 0.243 e. The molecule has 0 saturated carbocycles. The van der Waals surface area contributed by atoms with E-state index in [0.717, 1.165) is 24.3 Å². The number of amides is 1. The Morgan fingerprint density at radius 1 is 0.767 bits per heavy atom. The number of nitrogens with one attached hydrogen (secondary N) is 1. The average Bonchev–Trinajstić information content (AvgIpc) is 2.76. The zero-order valence-corrected chi connectivity index (χ0v) is 19.6. The predicted octanol–water partition coefficient (Wildman–Crippen LogP) is 7.70. The lowest BCUT2D eigenvalue weighted by atomic mass is 10.0. The Bertz CT molecular complexity index is 550. The van der Waals surface area contributed by atoms with E-state index in [1.165, 1.54) is 83.5 Å². The van der Waals surface area contributed by atoms with E-state index in [1.54, 1.807) is 6.08 Å². The Balaban J connectivity index is 1.90. The van der Waals surface area contributed by atoms with E-state index in [4.69, 9.17) is 4.74 Å². The standard InChI is InChI=1S/C27H45NO2/c1-3-5-6-7-8-9-10-11-12-13-14-15-16-17-24-28-27(29)23-20-25-18-21-26(22-19-25)30-4-2/h18-23H,3-17,24H2,1-2H3,(H,28,29)/b23-20+. The third kappa shape index (κ3) is 15.1. The Hall–Kier alpha value is -1.77. The molecule has 1 aromatic rings. The molecule has 30 heavy (non-hydrogen) atoms. The molecule has 1 rings (SSSR count). The molecule has 0 aliphatic rings. The SMILES string of the molecule is CCCCCCCCCCCCCCCCNC(=O)/C=C/c1ccc(OCC)cc1. The molecule has 1 N–H and O–H groups in total. The Morgan fingerprint density at radius 3 is 1.77 bits per heavy atom. The summed E-state index contributed by atoms with van der Waals surface area (Å²) >= 11 is 0. The predicted molar refractivity (Wildman–Crippen MR) is 130 cm³/mol. The van der Waals surface area contributed by atoms with E-state index in [9.17, 15) is 4.79 Å². The molecule has 0 aliphatic carbocycles. The molecule has 170 valence electrons. The molecule has 0 atom stereocenters. The summed E-state index contributed by atoms with van der Waals surface area (Å²) in [6.45, 7) is 5.68. The molecule has 1 aromatic carbocycles. The van der Waals surface area contributed by atoms with Gasteiger partial charge in [0.05, 0.1) is 6.61 Å². The molecule has 0 aliphatic heterocycles. The van der Waals surface area contributed by atoms with Crippen LogP contribution in [0.5, 0.6) is 5.75 Å². The van der Waals surface area contributed by atoms with Gasteiger partial charge in [0.15, 0.2) is 0 Å². The van der Waals surface area contributed by atoms with Crippen molar-refractivity contribution in [2.45, 2.75) is 104 Å². The molecule has 1 amide bonds. The maximum atomic E-state index is 11.9. The molecule has 0 fully saturated rings. The summed E-state index contributed by atoms with van der Waals surface area (Å²) in [7, 11) is 0. The maximum Gasteiger partial charge on any atom is 0.243 e. The van der Waals surface area contributed by atoms with Gasteiger partial charge in [0.2, 0.25) is 5.91 Å². The second-order valence-electron chi connectivity index (χ2n) is 8.22. The number of hydrogen-bond donors (Lipinski definition) is 1. The van der Waals surface area contributed by atoms with Gasteiger partial charge in [0.1, 0.15) is 5.75 Å².